The van der Waals surface area contributed by atoms with E-state index in [0.29, 0.717) is 31.4 Å². The third kappa shape index (κ3) is 5.42. The van der Waals surface area contributed by atoms with Crippen LogP contribution in [0.2, 0.25) is 5.02 Å². The second-order valence-electron chi connectivity index (χ2n) is 9.19. The maximum atomic E-state index is 13.9. The SMILES string of the molecule is CCN(CC)c1ccc(C=c2sc3n(c2=O)[C@@H](c2ccc(Cl)cc2)C(C(=O)OC(C)C)=C(C)N=3)c(OC)c1. The summed E-state index contributed by atoms with van der Waals surface area (Å²) in [4.78, 5) is 34.5. The van der Waals surface area contributed by atoms with Crippen LogP contribution in [-0.4, -0.2) is 36.8 Å². The van der Waals surface area contributed by atoms with E-state index in [0.717, 1.165) is 29.9 Å². The Labute approximate surface area is 231 Å². The van der Waals surface area contributed by atoms with Gasteiger partial charge in [-0.2, -0.15) is 0 Å². The monoisotopic (exact) mass is 553 g/mol. The quantitative estimate of drug-likeness (QED) is 0.378. The largest absolute Gasteiger partial charge is 0.496 e. The number of rotatable bonds is 8. The molecule has 1 atom stereocenters. The third-order valence-corrected chi connectivity index (χ3v) is 7.64. The molecule has 0 N–H and O–H groups in total. The number of ether oxygens (including phenoxy) is 2. The minimum absolute atomic E-state index is 0.245. The van der Waals surface area contributed by atoms with Gasteiger partial charge in [-0.05, 0) is 70.5 Å². The Hall–Kier alpha value is -3.36. The fourth-order valence-electron chi connectivity index (χ4n) is 4.57. The van der Waals surface area contributed by atoms with Gasteiger partial charge in [0, 0.05) is 35.4 Å². The molecule has 1 aromatic heterocycles. The molecule has 2 aromatic carbocycles. The molecule has 3 aromatic rings. The van der Waals surface area contributed by atoms with Crippen molar-refractivity contribution >= 4 is 40.7 Å². The lowest BCUT2D eigenvalue weighted by Gasteiger charge is -2.25. The van der Waals surface area contributed by atoms with Crippen LogP contribution in [0, 0.1) is 0 Å². The molecule has 0 saturated carbocycles. The van der Waals surface area contributed by atoms with Crippen LogP contribution in [0.1, 0.15) is 51.8 Å². The van der Waals surface area contributed by atoms with Gasteiger partial charge in [-0.3, -0.25) is 9.36 Å². The molecule has 9 heteroatoms. The van der Waals surface area contributed by atoms with E-state index in [1.165, 1.54) is 11.3 Å². The van der Waals surface area contributed by atoms with Gasteiger partial charge in [-0.1, -0.05) is 35.1 Å². The van der Waals surface area contributed by atoms with Gasteiger partial charge in [0.15, 0.2) is 4.80 Å². The highest BCUT2D eigenvalue weighted by Gasteiger charge is 2.33. The molecule has 0 aliphatic carbocycles. The first-order chi connectivity index (χ1) is 18.2. The summed E-state index contributed by atoms with van der Waals surface area (Å²) < 4.78 is 13.3. The molecule has 0 saturated heterocycles. The van der Waals surface area contributed by atoms with Crippen LogP contribution in [-0.2, 0) is 9.53 Å². The molecule has 0 spiro atoms. The van der Waals surface area contributed by atoms with Gasteiger partial charge < -0.3 is 14.4 Å². The molecule has 0 radical (unpaired) electrons. The normalized spacial score (nSPS) is 15.4. The predicted molar refractivity (Wildman–Crippen MR) is 153 cm³/mol. The van der Waals surface area contributed by atoms with Gasteiger partial charge in [0.2, 0.25) is 0 Å². The van der Waals surface area contributed by atoms with Crippen molar-refractivity contribution in [2.75, 3.05) is 25.1 Å². The van der Waals surface area contributed by atoms with Crippen molar-refractivity contribution in [3.63, 3.8) is 0 Å². The van der Waals surface area contributed by atoms with Crippen LogP contribution in [0.15, 0.2) is 63.5 Å². The van der Waals surface area contributed by atoms with E-state index in [-0.39, 0.29) is 11.7 Å². The van der Waals surface area contributed by atoms with Crippen molar-refractivity contribution in [2.24, 2.45) is 4.99 Å². The molecular weight excluding hydrogens is 522 g/mol. The predicted octanol–water partition coefficient (Wildman–Crippen LogP) is 4.70. The van der Waals surface area contributed by atoms with Gasteiger partial charge >= 0.3 is 5.97 Å². The highest BCUT2D eigenvalue weighted by molar-refractivity contribution is 7.07. The molecule has 38 heavy (non-hydrogen) atoms. The average molecular weight is 554 g/mol. The highest BCUT2D eigenvalue weighted by atomic mass is 35.5. The fourth-order valence-corrected chi connectivity index (χ4v) is 5.73. The molecule has 0 amide bonds. The average Bonchev–Trinajstić information content (AvgIpc) is 3.18. The number of carbonyl (C=O) groups excluding carboxylic acids is 1. The maximum absolute atomic E-state index is 13.9. The van der Waals surface area contributed by atoms with Gasteiger partial charge in [-0.25, -0.2) is 9.79 Å². The molecule has 2 heterocycles. The van der Waals surface area contributed by atoms with Crippen molar-refractivity contribution in [2.45, 2.75) is 46.8 Å². The van der Waals surface area contributed by atoms with Crippen molar-refractivity contribution in [3.05, 3.63) is 89.6 Å². The van der Waals surface area contributed by atoms with E-state index in [4.69, 9.17) is 21.1 Å². The number of hydrogen-bond acceptors (Lipinski definition) is 7. The molecular formula is C29H32ClN3O4S. The van der Waals surface area contributed by atoms with Crippen LogP contribution < -0.4 is 24.5 Å². The van der Waals surface area contributed by atoms with Gasteiger partial charge in [-0.15, -0.1) is 0 Å². The molecule has 7 nitrogen and oxygen atoms in total. The second-order valence-corrected chi connectivity index (χ2v) is 10.6. The van der Waals surface area contributed by atoms with E-state index >= 15 is 0 Å². The van der Waals surface area contributed by atoms with Crippen LogP contribution in [0.5, 0.6) is 5.75 Å². The van der Waals surface area contributed by atoms with E-state index in [1.807, 2.05) is 36.4 Å². The number of thiazole rings is 1. The van der Waals surface area contributed by atoms with Crippen LogP contribution >= 0.6 is 22.9 Å². The van der Waals surface area contributed by atoms with Crippen LogP contribution in [0.25, 0.3) is 6.08 Å². The minimum Gasteiger partial charge on any atom is -0.496 e. The Morgan fingerprint density at radius 3 is 2.47 bits per heavy atom. The molecule has 0 bridgehead atoms. The topological polar surface area (TPSA) is 73.1 Å². The highest BCUT2D eigenvalue weighted by Crippen LogP contribution is 2.32. The van der Waals surface area contributed by atoms with E-state index < -0.39 is 12.0 Å². The Morgan fingerprint density at radius 1 is 1.18 bits per heavy atom. The summed E-state index contributed by atoms with van der Waals surface area (Å²) in [6.45, 7) is 11.3. The standard InChI is InChI=1S/C29H32ClN3O4S/c1-7-32(8-2)22-14-11-20(23(16-22)36-6)15-24-27(34)33-26(19-9-12-21(30)13-10-19)25(28(35)37-17(3)4)18(5)31-29(33)38-24/h9-17,26H,7-8H2,1-6H3/t26-/m0/s1. The molecule has 0 unspecified atom stereocenters. The van der Waals surface area contributed by atoms with Gasteiger partial charge in [0.05, 0.1) is 35.1 Å². The Morgan fingerprint density at radius 2 is 1.87 bits per heavy atom. The minimum atomic E-state index is -0.691. The number of nitrogens with zero attached hydrogens (tertiary/aromatic N) is 3. The van der Waals surface area contributed by atoms with Gasteiger partial charge in [0.25, 0.3) is 5.56 Å². The molecule has 4 rings (SSSR count). The Balaban J connectivity index is 1.90. The number of benzene rings is 2. The number of carbonyl (C=O) groups is 1. The lowest BCUT2D eigenvalue weighted by atomic mass is 9.96. The zero-order valence-electron chi connectivity index (χ0n) is 22.4. The van der Waals surface area contributed by atoms with Crippen molar-refractivity contribution in [1.82, 2.24) is 4.57 Å². The summed E-state index contributed by atoms with van der Waals surface area (Å²) in [5.74, 6) is 0.177. The number of esters is 1. The van der Waals surface area contributed by atoms with Crippen LogP contribution in [0.3, 0.4) is 0 Å². The Kier molecular flexibility index (Phi) is 8.43. The zero-order valence-corrected chi connectivity index (χ0v) is 24.0. The molecule has 200 valence electrons. The third-order valence-electron chi connectivity index (χ3n) is 6.40. The number of halogens is 1. The lowest BCUT2D eigenvalue weighted by Crippen LogP contribution is -2.40. The van der Waals surface area contributed by atoms with Crippen molar-refractivity contribution < 1.29 is 14.3 Å². The summed E-state index contributed by atoms with van der Waals surface area (Å²) in [7, 11) is 1.62. The Bertz CT molecular complexity index is 1550. The van der Waals surface area contributed by atoms with Gasteiger partial charge in [0.1, 0.15) is 5.75 Å². The maximum Gasteiger partial charge on any atom is 0.338 e. The molecule has 1 aliphatic heterocycles. The van der Waals surface area contributed by atoms with Crippen molar-refractivity contribution in [3.8, 4) is 5.75 Å². The number of allylic oxidation sites excluding steroid dienone is 1. The van der Waals surface area contributed by atoms with Crippen LogP contribution in [0.4, 0.5) is 5.69 Å². The first-order valence-electron chi connectivity index (χ1n) is 12.6. The summed E-state index contributed by atoms with van der Waals surface area (Å²) >= 11 is 7.42. The first kappa shape index (κ1) is 27.7. The first-order valence-corrected chi connectivity index (χ1v) is 13.8. The lowest BCUT2D eigenvalue weighted by molar-refractivity contribution is -0.143. The second kappa shape index (κ2) is 11.6. The van der Waals surface area contributed by atoms with E-state index in [2.05, 4.69) is 23.7 Å². The number of methoxy groups -OCH3 is 1. The van der Waals surface area contributed by atoms with E-state index in [1.54, 1.807) is 44.6 Å². The summed E-state index contributed by atoms with van der Waals surface area (Å²) in [5, 5.41) is 0.563. The molecule has 0 fully saturated rings. The number of aromatic nitrogens is 1. The zero-order chi connectivity index (χ0) is 27.6. The summed E-state index contributed by atoms with van der Waals surface area (Å²) in [5.41, 5.74) is 3.19. The summed E-state index contributed by atoms with van der Waals surface area (Å²) in [6.07, 6.45) is 1.50. The fraction of sp³-hybridized carbons (Fsp3) is 0.345. The molecule has 1 aliphatic rings. The number of anilines is 1. The number of hydrogen-bond donors (Lipinski definition) is 0. The smallest absolute Gasteiger partial charge is 0.338 e. The van der Waals surface area contributed by atoms with E-state index in [9.17, 15) is 9.59 Å². The summed E-state index contributed by atoms with van der Waals surface area (Å²) in [6, 6.07) is 12.4. The van der Waals surface area contributed by atoms with Crippen molar-refractivity contribution in [1.29, 1.82) is 0 Å². The number of fused-ring (bicyclic) bond motifs is 1.